The summed E-state index contributed by atoms with van der Waals surface area (Å²) in [5, 5.41) is 16.2. The first-order valence-electron chi connectivity index (χ1n) is 5.40. The Morgan fingerprint density at radius 3 is 2.89 bits per heavy atom. The monoisotopic (exact) mass is 256 g/mol. The molecule has 0 radical (unpaired) electrons. The molecule has 0 aliphatic carbocycles. The standard InChI is InChI=1S/C12H8N4OS/c13-7-9-6-10(17)14-12-16(9)15-11(18-12)8-4-2-1-3-5-8/h1-5,9H,6H2. The van der Waals surface area contributed by atoms with Crippen molar-refractivity contribution in [3.05, 3.63) is 35.9 Å². The van der Waals surface area contributed by atoms with E-state index in [1.54, 1.807) is 0 Å². The fraction of sp³-hybridized carbons (Fsp3) is 0.167. The summed E-state index contributed by atoms with van der Waals surface area (Å²) in [6.07, 6.45) is 0.103. The predicted octanol–water partition coefficient (Wildman–Crippen LogP) is 1.58. The van der Waals surface area contributed by atoms with Crippen molar-refractivity contribution in [2.75, 3.05) is 0 Å². The summed E-state index contributed by atoms with van der Waals surface area (Å²) in [7, 11) is 0. The van der Waals surface area contributed by atoms with E-state index in [1.165, 1.54) is 16.8 Å². The number of amidine groups is 1. The van der Waals surface area contributed by atoms with Crippen molar-refractivity contribution in [2.45, 2.75) is 12.5 Å². The van der Waals surface area contributed by atoms with Crippen molar-refractivity contribution in [1.82, 2.24) is 5.01 Å². The molecular formula is C12H8N4OS. The highest BCUT2D eigenvalue weighted by Crippen LogP contribution is 2.30. The number of hydrogen-bond acceptors (Lipinski definition) is 5. The van der Waals surface area contributed by atoms with Gasteiger partial charge in [0.05, 0.1) is 12.5 Å². The second-order valence-corrected chi connectivity index (χ2v) is 4.81. The maximum absolute atomic E-state index is 11.4. The van der Waals surface area contributed by atoms with Gasteiger partial charge in [-0.2, -0.15) is 15.4 Å². The van der Waals surface area contributed by atoms with E-state index in [1.807, 2.05) is 30.3 Å². The number of amides is 1. The van der Waals surface area contributed by atoms with Gasteiger partial charge in [0.2, 0.25) is 0 Å². The van der Waals surface area contributed by atoms with Crippen LogP contribution in [-0.4, -0.2) is 27.2 Å². The molecule has 0 bridgehead atoms. The molecule has 88 valence electrons. The number of thioether (sulfide) groups is 1. The SMILES string of the molecule is N#CC1CC(=O)N=C2SC(c3ccccc3)=NN21. The molecule has 1 amide bonds. The second-order valence-electron chi connectivity index (χ2n) is 3.85. The number of rotatable bonds is 1. The van der Waals surface area contributed by atoms with Crippen molar-refractivity contribution in [3.8, 4) is 6.07 Å². The number of aliphatic imine (C=N–C) groups is 1. The maximum Gasteiger partial charge on any atom is 0.251 e. The number of nitrogens with zero attached hydrogens (tertiary/aromatic N) is 4. The summed E-state index contributed by atoms with van der Waals surface area (Å²) in [5.74, 6) is -0.259. The van der Waals surface area contributed by atoms with E-state index in [2.05, 4.69) is 16.2 Å². The zero-order valence-corrected chi connectivity index (χ0v) is 10.1. The topological polar surface area (TPSA) is 68.8 Å². The van der Waals surface area contributed by atoms with Crippen molar-refractivity contribution in [1.29, 1.82) is 5.26 Å². The lowest BCUT2D eigenvalue weighted by molar-refractivity contribution is -0.118. The average molecular weight is 256 g/mol. The molecule has 18 heavy (non-hydrogen) atoms. The van der Waals surface area contributed by atoms with Gasteiger partial charge < -0.3 is 0 Å². The number of carbonyl (C=O) groups excluding carboxylic acids is 1. The van der Waals surface area contributed by atoms with Crippen LogP contribution in [0.4, 0.5) is 0 Å². The van der Waals surface area contributed by atoms with Gasteiger partial charge in [-0.25, -0.2) is 5.01 Å². The number of fused-ring (bicyclic) bond motifs is 1. The number of nitriles is 1. The van der Waals surface area contributed by atoms with E-state index in [-0.39, 0.29) is 12.3 Å². The van der Waals surface area contributed by atoms with Crippen LogP contribution in [-0.2, 0) is 4.79 Å². The maximum atomic E-state index is 11.4. The van der Waals surface area contributed by atoms with Crippen LogP contribution in [0.5, 0.6) is 0 Å². The van der Waals surface area contributed by atoms with Gasteiger partial charge in [0, 0.05) is 5.56 Å². The van der Waals surface area contributed by atoms with E-state index in [9.17, 15) is 4.79 Å². The van der Waals surface area contributed by atoms with Crippen molar-refractivity contribution in [2.24, 2.45) is 10.1 Å². The van der Waals surface area contributed by atoms with Crippen LogP contribution in [0.25, 0.3) is 0 Å². The number of hydrazone groups is 1. The molecule has 1 unspecified atom stereocenters. The van der Waals surface area contributed by atoms with Gasteiger partial charge in [0.25, 0.3) is 5.91 Å². The van der Waals surface area contributed by atoms with Gasteiger partial charge in [-0.1, -0.05) is 30.3 Å². The third-order valence-corrected chi connectivity index (χ3v) is 3.61. The second kappa shape index (κ2) is 4.27. The first-order valence-corrected chi connectivity index (χ1v) is 6.22. The Bertz CT molecular complexity index is 602. The third kappa shape index (κ3) is 1.79. The molecule has 2 heterocycles. The number of carbonyl (C=O) groups is 1. The average Bonchev–Trinajstić information content (AvgIpc) is 2.82. The predicted molar refractivity (Wildman–Crippen MR) is 68.9 cm³/mol. The molecule has 1 aromatic rings. The molecule has 0 spiro atoms. The van der Waals surface area contributed by atoms with E-state index >= 15 is 0 Å². The number of benzene rings is 1. The molecule has 0 N–H and O–H groups in total. The minimum atomic E-state index is -0.543. The van der Waals surface area contributed by atoms with E-state index in [0.717, 1.165) is 10.6 Å². The van der Waals surface area contributed by atoms with Crippen LogP contribution in [0.2, 0.25) is 0 Å². The first-order chi connectivity index (χ1) is 8.78. The zero-order chi connectivity index (χ0) is 12.5. The molecule has 0 saturated heterocycles. The summed E-state index contributed by atoms with van der Waals surface area (Å²) in [4.78, 5) is 15.3. The van der Waals surface area contributed by atoms with Gasteiger partial charge in [-0.15, -0.1) is 0 Å². The Morgan fingerprint density at radius 1 is 1.39 bits per heavy atom. The molecule has 0 saturated carbocycles. The van der Waals surface area contributed by atoms with E-state index < -0.39 is 6.04 Å². The van der Waals surface area contributed by atoms with Crippen molar-refractivity contribution >= 4 is 27.9 Å². The molecule has 0 fully saturated rings. The Kier molecular flexibility index (Phi) is 2.61. The Balaban J connectivity index is 1.97. The van der Waals surface area contributed by atoms with Gasteiger partial charge in [0.15, 0.2) is 5.17 Å². The van der Waals surface area contributed by atoms with Crippen LogP contribution < -0.4 is 0 Å². The van der Waals surface area contributed by atoms with Crippen LogP contribution in [0.1, 0.15) is 12.0 Å². The molecule has 5 nitrogen and oxygen atoms in total. The van der Waals surface area contributed by atoms with Crippen LogP contribution in [0, 0.1) is 11.3 Å². The summed E-state index contributed by atoms with van der Waals surface area (Å²) in [6.45, 7) is 0. The van der Waals surface area contributed by atoms with Crippen LogP contribution in [0.15, 0.2) is 40.4 Å². The largest absolute Gasteiger partial charge is 0.272 e. The molecule has 2 aliphatic heterocycles. The van der Waals surface area contributed by atoms with Crippen LogP contribution in [0.3, 0.4) is 0 Å². The summed E-state index contributed by atoms with van der Waals surface area (Å²) in [6, 6.07) is 11.2. The van der Waals surface area contributed by atoms with Gasteiger partial charge in [-0.3, -0.25) is 4.79 Å². The number of hydrogen-bond donors (Lipinski definition) is 0. The lowest BCUT2D eigenvalue weighted by Gasteiger charge is -2.22. The quantitative estimate of drug-likeness (QED) is 0.765. The summed E-state index contributed by atoms with van der Waals surface area (Å²) >= 11 is 1.32. The van der Waals surface area contributed by atoms with Crippen molar-refractivity contribution < 1.29 is 4.79 Å². The van der Waals surface area contributed by atoms with E-state index in [4.69, 9.17) is 5.26 Å². The summed E-state index contributed by atoms with van der Waals surface area (Å²) < 4.78 is 0. The molecule has 3 rings (SSSR count). The Hall–Kier alpha value is -2.13. The van der Waals surface area contributed by atoms with Crippen molar-refractivity contribution in [3.63, 3.8) is 0 Å². The van der Waals surface area contributed by atoms with E-state index in [0.29, 0.717) is 5.17 Å². The minimum Gasteiger partial charge on any atom is -0.272 e. The minimum absolute atomic E-state index is 0.103. The lowest BCUT2D eigenvalue weighted by Crippen LogP contribution is -2.37. The molecule has 1 atom stereocenters. The Labute approximate surface area is 108 Å². The zero-order valence-electron chi connectivity index (χ0n) is 9.28. The smallest absolute Gasteiger partial charge is 0.251 e. The molecular weight excluding hydrogens is 248 g/mol. The third-order valence-electron chi connectivity index (χ3n) is 2.64. The highest BCUT2D eigenvalue weighted by atomic mass is 32.2. The Morgan fingerprint density at radius 2 is 2.17 bits per heavy atom. The molecule has 1 aromatic carbocycles. The van der Waals surface area contributed by atoms with Gasteiger partial charge in [-0.05, 0) is 11.8 Å². The highest BCUT2D eigenvalue weighted by Gasteiger charge is 2.35. The van der Waals surface area contributed by atoms with Gasteiger partial charge in [0.1, 0.15) is 11.1 Å². The fourth-order valence-electron chi connectivity index (χ4n) is 1.77. The lowest BCUT2D eigenvalue weighted by atomic mass is 10.2. The van der Waals surface area contributed by atoms with Crippen LogP contribution >= 0.6 is 11.8 Å². The molecule has 0 aromatic heterocycles. The highest BCUT2D eigenvalue weighted by molar-refractivity contribution is 8.27. The van der Waals surface area contributed by atoms with Gasteiger partial charge >= 0.3 is 0 Å². The summed E-state index contributed by atoms with van der Waals surface area (Å²) in [5.41, 5.74) is 0.962. The fourth-order valence-corrected chi connectivity index (χ4v) is 2.74. The molecule has 6 heteroatoms. The molecule has 2 aliphatic rings. The normalized spacial score (nSPS) is 22.1. The first kappa shape index (κ1) is 11.0.